The fraction of sp³-hybridized carbons (Fsp3) is 0.0345. The number of hydrogen-bond acceptors (Lipinski definition) is 2. The number of nitrogens with two attached hydrogens (primary N) is 1. The number of primary amides is 1. The van der Waals surface area contributed by atoms with Crippen molar-refractivity contribution in [3.63, 3.8) is 0 Å². The van der Waals surface area contributed by atoms with Crippen LogP contribution in [0.2, 0.25) is 0 Å². The normalized spacial score (nSPS) is 11.0. The Kier molecular flexibility index (Phi) is 5.19. The molecule has 2 N–H and O–H groups in total. The Hall–Kier alpha value is -4.31. The van der Waals surface area contributed by atoms with Gasteiger partial charge in [0.15, 0.2) is 0 Å². The van der Waals surface area contributed by atoms with Crippen LogP contribution in [0.15, 0.2) is 97.1 Å². The van der Waals surface area contributed by atoms with Crippen molar-refractivity contribution in [1.82, 2.24) is 4.98 Å². The third-order valence-electron chi connectivity index (χ3n) is 5.92. The fourth-order valence-corrected chi connectivity index (χ4v) is 4.34. The summed E-state index contributed by atoms with van der Waals surface area (Å²) in [6, 6.07) is 30.9. The molecule has 0 aliphatic carbocycles. The molecule has 0 radical (unpaired) electrons. The number of pyridine rings is 1. The molecule has 0 fully saturated rings. The lowest BCUT2D eigenvalue weighted by atomic mass is 9.93. The smallest absolute Gasteiger partial charge is 0.249 e. The van der Waals surface area contributed by atoms with Crippen molar-refractivity contribution in [2.45, 2.75) is 6.92 Å². The van der Waals surface area contributed by atoms with Gasteiger partial charge < -0.3 is 5.73 Å². The van der Waals surface area contributed by atoms with Gasteiger partial charge in [0.2, 0.25) is 5.91 Å². The molecule has 0 aliphatic rings. The van der Waals surface area contributed by atoms with E-state index in [0.717, 1.165) is 27.8 Å². The van der Waals surface area contributed by atoms with E-state index < -0.39 is 11.7 Å². The van der Waals surface area contributed by atoms with E-state index in [-0.39, 0.29) is 0 Å². The van der Waals surface area contributed by atoms with Gasteiger partial charge in [-0.25, -0.2) is 9.37 Å². The number of carbonyl (C=O) groups is 1. The van der Waals surface area contributed by atoms with Crippen molar-refractivity contribution in [3.05, 3.63) is 114 Å². The van der Waals surface area contributed by atoms with Crippen LogP contribution in [0.25, 0.3) is 44.4 Å². The van der Waals surface area contributed by atoms with Gasteiger partial charge in [-0.05, 0) is 52.9 Å². The zero-order valence-electron chi connectivity index (χ0n) is 18.0. The summed E-state index contributed by atoms with van der Waals surface area (Å²) < 4.78 is 13.8. The first-order valence-electron chi connectivity index (χ1n) is 10.7. The second-order valence-electron chi connectivity index (χ2n) is 7.98. The van der Waals surface area contributed by atoms with Gasteiger partial charge in [-0.2, -0.15) is 0 Å². The predicted molar refractivity (Wildman–Crippen MR) is 131 cm³/mol. The number of rotatable bonds is 4. The molecule has 0 spiro atoms. The first-order chi connectivity index (χ1) is 16.0. The van der Waals surface area contributed by atoms with Gasteiger partial charge in [-0.1, -0.05) is 78.9 Å². The van der Waals surface area contributed by atoms with Gasteiger partial charge in [0, 0.05) is 10.9 Å². The van der Waals surface area contributed by atoms with Crippen LogP contribution in [0, 0.1) is 12.7 Å². The second kappa shape index (κ2) is 8.32. The van der Waals surface area contributed by atoms with E-state index in [2.05, 4.69) is 36.4 Å². The number of amides is 1. The van der Waals surface area contributed by atoms with Crippen molar-refractivity contribution in [1.29, 1.82) is 0 Å². The highest BCUT2D eigenvalue weighted by Crippen LogP contribution is 2.34. The number of benzene rings is 4. The molecule has 160 valence electrons. The molecule has 1 amide bonds. The molecule has 0 saturated heterocycles. The van der Waals surface area contributed by atoms with Crippen molar-refractivity contribution < 1.29 is 9.18 Å². The molecule has 1 aromatic heterocycles. The molecular weight excluding hydrogens is 411 g/mol. The Morgan fingerprint density at radius 2 is 1.33 bits per heavy atom. The third-order valence-corrected chi connectivity index (χ3v) is 5.92. The van der Waals surface area contributed by atoms with E-state index in [1.807, 2.05) is 42.5 Å². The third kappa shape index (κ3) is 3.76. The van der Waals surface area contributed by atoms with Crippen molar-refractivity contribution in [2.75, 3.05) is 0 Å². The first-order valence-corrected chi connectivity index (χ1v) is 10.7. The Balaban J connectivity index is 1.62. The maximum atomic E-state index is 13.8. The molecule has 5 aromatic rings. The summed E-state index contributed by atoms with van der Waals surface area (Å²) in [5.41, 5.74) is 13.2. The summed E-state index contributed by atoms with van der Waals surface area (Å²) in [5.74, 6) is -1.03. The van der Waals surface area contributed by atoms with Gasteiger partial charge in [-0.3, -0.25) is 4.79 Å². The fourth-order valence-electron chi connectivity index (χ4n) is 4.34. The van der Waals surface area contributed by atoms with E-state index in [1.165, 1.54) is 12.1 Å². The summed E-state index contributed by atoms with van der Waals surface area (Å²) in [5, 5.41) is 0.428. The van der Waals surface area contributed by atoms with Crippen molar-refractivity contribution in [2.24, 2.45) is 5.73 Å². The molecule has 0 aliphatic heterocycles. The van der Waals surface area contributed by atoms with Gasteiger partial charge in [-0.15, -0.1) is 0 Å². The Bertz CT molecular complexity index is 1490. The average molecular weight is 432 g/mol. The van der Waals surface area contributed by atoms with Gasteiger partial charge in [0.1, 0.15) is 5.82 Å². The quantitative estimate of drug-likeness (QED) is 0.340. The summed E-state index contributed by atoms with van der Waals surface area (Å²) >= 11 is 0. The Morgan fingerprint density at radius 3 is 1.97 bits per heavy atom. The van der Waals surface area contributed by atoms with Crippen LogP contribution >= 0.6 is 0 Å². The van der Waals surface area contributed by atoms with E-state index in [1.54, 1.807) is 13.0 Å². The number of halogens is 1. The van der Waals surface area contributed by atoms with Crippen LogP contribution in [0.3, 0.4) is 0 Å². The standard InChI is InChI=1S/C29H21FN2O/c1-18-27(29(31)33)25-17-22(30)15-16-26(25)32-28(18)21-13-11-20(12-14-21)24-10-6-5-9-23(24)19-7-3-2-4-8-19/h2-17H,1H3,(H2,31,33). The van der Waals surface area contributed by atoms with Crippen LogP contribution in [0.4, 0.5) is 4.39 Å². The lowest BCUT2D eigenvalue weighted by molar-refractivity contribution is 0.100. The van der Waals surface area contributed by atoms with Crippen LogP contribution < -0.4 is 5.73 Å². The first kappa shape index (κ1) is 20.6. The average Bonchev–Trinajstić information content (AvgIpc) is 2.84. The van der Waals surface area contributed by atoms with E-state index in [0.29, 0.717) is 27.7 Å². The summed E-state index contributed by atoms with van der Waals surface area (Å²) in [4.78, 5) is 16.9. The Morgan fingerprint density at radius 1 is 0.758 bits per heavy atom. The summed E-state index contributed by atoms with van der Waals surface area (Å²) in [7, 11) is 0. The number of nitrogens with zero attached hydrogens (tertiary/aromatic N) is 1. The maximum Gasteiger partial charge on any atom is 0.249 e. The zero-order valence-corrected chi connectivity index (χ0v) is 18.0. The van der Waals surface area contributed by atoms with Crippen LogP contribution in [-0.4, -0.2) is 10.9 Å². The molecule has 0 saturated carbocycles. The SMILES string of the molecule is Cc1c(-c2ccc(-c3ccccc3-c3ccccc3)cc2)nc2ccc(F)cc2c1C(N)=O. The highest BCUT2D eigenvalue weighted by atomic mass is 19.1. The number of carbonyl (C=O) groups excluding carboxylic acids is 1. The minimum absolute atomic E-state index is 0.299. The minimum Gasteiger partial charge on any atom is -0.366 e. The minimum atomic E-state index is -0.597. The number of fused-ring (bicyclic) bond motifs is 1. The zero-order chi connectivity index (χ0) is 22.9. The topological polar surface area (TPSA) is 56.0 Å². The van der Waals surface area contributed by atoms with Gasteiger partial charge in [0.05, 0.1) is 16.8 Å². The molecule has 0 bridgehead atoms. The molecule has 0 unspecified atom stereocenters. The van der Waals surface area contributed by atoms with Gasteiger partial charge >= 0.3 is 0 Å². The molecule has 1 heterocycles. The molecule has 5 rings (SSSR count). The molecule has 4 aromatic carbocycles. The Labute approximate surface area is 191 Å². The second-order valence-corrected chi connectivity index (χ2v) is 7.98. The number of hydrogen-bond donors (Lipinski definition) is 1. The highest BCUT2D eigenvalue weighted by molar-refractivity contribution is 6.08. The van der Waals surface area contributed by atoms with E-state index in [4.69, 9.17) is 10.7 Å². The van der Waals surface area contributed by atoms with Crippen molar-refractivity contribution >= 4 is 16.8 Å². The lowest BCUT2D eigenvalue weighted by Gasteiger charge is -2.14. The van der Waals surface area contributed by atoms with Crippen LogP contribution in [0.5, 0.6) is 0 Å². The lowest BCUT2D eigenvalue weighted by Crippen LogP contribution is -2.15. The van der Waals surface area contributed by atoms with Crippen molar-refractivity contribution in [3.8, 4) is 33.5 Å². The van der Waals surface area contributed by atoms with E-state index in [9.17, 15) is 9.18 Å². The molecule has 0 atom stereocenters. The largest absolute Gasteiger partial charge is 0.366 e. The molecular formula is C29H21FN2O. The highest BCUT2D eigenvalue weighted by Gasteiger charge is 2.18. The van der Waals surface area contributed by atoms with Gasteiger partial charge in [0.25, 0.3) is 0 Å². The molecule has 3 nitrogen and oxygen atoms in total. The van der Waals surface area contributed by atoms with Crippen LogP contribution in [-0.2, 0) is 0 Å². The predicted octanol–water partition coefficient (Wildman–Crippen LogP) is 6.78. The number of aromatic nitrogens is 1. The molecule has 4 heteroatoms. The molecule has 33 heavy (non-hydrogen) atoms. The van der Waals surface area contributed by atoms with Crippen LogP contribution in [0.1, 0.15) is 15.9 Å². The van der Waals surface area contributed by atoms with E-state index >= 15 is 0 Å². The maximum absolute atomic E-state index is 13.8. The summed E-state index contributed by atoms with van der Waals surface area (Å²) in [6.45, 7) is 1.80. The monoisotopic (exact) mass is 432 g/mol. The summed E-state index contributed by atoms with van der Waals surface area (Å²) in [6.07, 6.45) is 0.